The molecule has 16 heavy (non-hydrogen) atoms. The topological polar surface area (TPSA) is 30.2 Å². The summed E-state index contributed by atoms with van der Waals surface area (Å²) in [4.78, 5) is 4.03. The number of hydrogen-bond donors (Lipinski definition) is 0. The molecule has 0 aliphatic rings. The summed E-state index contributed by atoms with van der Waals surface area (Å²) in [6, 6.07) is 2.17. The van der Waals surface area contributed by atoms with Crippen molar-refractivity contribution in [1.82, 2.24) is 9.78 Å². The van der Waals surface area contributed by atoms with Crippen LogP contribution >= 0.6 is 11.6 Å². The van der Waals surface area contributed by atoms with Crippen LogP contribution in [0.4, 0.5) is 0 Å². The van der Waals surface area contributed by atoms with E-state index in [2.05, 4.69) is 37.2 Å². The van der Waals surface area contributed by atoms with E-state index >= 15 is 0 Å². The van der Waals surface area contributed by atoms with Crippen molar-refractivity contribution < 1.29 is 0 Å². The monoisotopic (exact) mass is 237 g/mol. The zero-order valence-corrected chi connectivity index (χ0v) is 10.4. The Morgan fingerprint density at radius 2 is 2.38 bits per heavy atom. The molecule has 0 amide bonds. The van der Waals surface area contributed by atoms with Gasteiger partial charge in [-0.2, -0.15) is 5.10 Å². The zero-order valence-electron chi connectivity index (χ0n) is 9.65. The molecule has 0 saturated heterocycles. The highest BCUT2D eigenvalue weighted by Crippen LogP contribution is 2.23. The first-order valence-electron chi connectivity index (χ1n) is 5.07. The quantitative estimate of drug-likeness (QED) is 0.439. The molecule has 1 aromatic heterocycles. The lowest BCUT2D eigenvalue weighted by Gasteiger charge is -2.12. The molecule has 0 bridgehead atoms. The van der Waals surface area contributed by atoms with E-state index in [1.807, 2.05) is 10.7 Å². The summed E-state index contributed by atoms with van der Waals surface area (Å²) in [6.45, 7) is 11.4. The molecule has 86 valence electrons. The van der Waals surface area contributed by atoms with Gasteiger partial charge in [0.15, 0.2) is 0 Å². The largest absolute Gasteiger partial charge is 0.262 e. The molecule has 0 atom stereocenters. The fourth-order valence-electron chi connectivity index (χ4n) is 1.47. The summed E-state index contributed by atoms with van der Waals surface area (Å²) in [7, 11) is 0. The Morgan fingerprint density at radius 1 is 1.69 bits per heavy atom. The summed E-state index contributed by atoms with van der Waals surface area (Å²) in [6.07, 6.45) is 3.45. The van der Waals surface area contributed by atoms with E-state index in [0.717, 1.165) is 17.0 Å². The third-order valence-corrected chi connectivity index (χ3v) is 2.54. The average molecular weight is 238 g/mol. The van der Waals surface area contributed by atoms with Crippen LogP contribution in [0.2, 0.25) is 0 Å². The first kappa shape index (κ1) is 12.7. The van der Waals surface area contributed by atoms with Crippen molar-refractivity contribution >= 4 is 24.0 Å². The van der Waals surface area contributed by atoms with Gasteiger partial charge in [-0.05, 0) is 32.2 Å². The van der Waals surface area contributed by atoms with E-state index in [-0.39, 0.29) is 6.04 Å². The van der Waals surface area contributed by atoms with Gasteiger partial charge in [0, 0.05) is 18.1 Å². The lowest BCUT2D eigenvalue weighted by molar-refractivity contribution is 0.526. The number of halogens is 1. The van der Waals surface area contributed by atoms with Crippen molar-refractivity contribution in [1.29, 1.82) is 0 Å². The van der Waals surface area contributed by atoms with Crippen LogP contribution in [0.25, 0.3) is 5.70 Å². The van der Waals surface area contributed by atoms with Gasteiger partial charge in [-0.25, -0.2) is 0 Å². The van der Waals surface area contributed by atoms with E-state index in [0.29, 0.717) is 5.88 Å². The minimum atomic E-state index is 0.267. The van der Waals surface area contributed by atoms with Gasteiger partial charge < -0.3 is 0 Å². The minimum absolute atomic E-state index is 0.267. The van der Waals surface area contributed by atoms with Crippen molar-refractivity contribution in [2.45, 2.75) is 19.9 Å². The Balaban J connectivity index is 3.34. The molecule has 0 radical (unpaired) electrons. The van der Waals surface area contributed by atoms with E-state index in [4.69, 9.17) is 11.6 Å². The lowest BCUT2D eigenvalue weighted by atomic mass is 10.1. The van der Waals surface area contributed by atoms with Crippen molar-refractivity contribution in [3.63, 3.8) is 0 Å². The van der Waals surface area contributed by atoms with E-state index in [9.17, 15) is 0 Å². The Kier molecular flexibility index (Phi) is 4.50. The first-order valence-corrected chi connectivity index (χ1v) is 5.61. The average Bonchev–Trinajstić information content (AvgIpc) is 2.74. The number of aliphatic imine (C=N–C) groups is 1. The van der Waals surface area contributed by atoms with Gasteiger partial charge in [-0.1, -0.05) is 12.7 Å². The maximum absolute atomic E-state index is 5.84. The summed E-state index contributed by atoms with van der Waals surface area (Å²) >= 11 is 5.84. The molecule has 0 aliphatic heterocycles. The van der Waals surface area contributed by atoms with Crippen LogP contribution in [0.1, 0.15) is 25.6 Å². The van der Waals surface area contributed by atoms with Gasteiger partial charge in [0.2, 0.25) is 0 Å². The number of hydrogen-bond acceptors (Lipinski definition) is 2. The van der Waals surface area contributed by atoms with Crippen LogP contribution in [0.3, 0.4) is 0 Å². The molecule has 0 spiro atoms. The minimum Gasteiger partial charge on any atom is -0.262 e. The normalized spacial score (nSPS) is 12.5. The fraction of sp³-hybridized carbons (Fsp3) is 0.333. The van der Waals surface area contributed by atoms with Gasteiger partial charge >= 0.3 is 0 Å². The van der Waals surface area contributed by atoms with Crippen molar-refractivity contribution in [3.05, 3.63) is 36.2 Å². The van der Waals surface area contributed by atoms with Crippen molar-refractivity contribution in [3.8, 4) is 0 Å². The van der Waals surface area contributed by atoms with Crippen molar-refractivity contribution in [2.24, 2.45) is 4.99 Å². The molecular weight excluding hydrogens is 222 g/mol. The fourth-order valence-corrected chi connectivity index (χ4v) is 1.71. The predicted molar refractivity (Wildman–Crippen MR) is 70.0 cm³/mol. The Bertz CT molecular complexity index is 416. The standard InChI is InChI=1S/C12H16ClN3/c1-5-10(8-13)12(14-4)11-6-7-15-16(11)9(2)3/h5-7,9H,1,4,8H2,2-3H3/b12-10+. The maximum Gasteiger partial charge on any atom is 0.0919 e. The number of rotatable bonds is 5. The van der Waals surface area contributed by atoms with Crippen LogP contribution in [-0.4, -0.2) is 22.4 Å². The molecule has 0 saturated carbocycles. The van der Waals surface area contributed by atoms with Gasteiger partial charge in [-0.3, -0.25) is 9.67 Å². The zero-order chi connectivity index (χ0) is 12.1. The lowest BCUT2D eigenvalue weighted by Crippen LogP contribution is -2.07. The molecule has 0 aliphatic carbocycles. The summed E-state index contributed by atoms with van der Waals surface area (Å²) < 4.78 is 1.89. The van der Waals surface area contributed by atoms with Gasteiger partial charge in [0.25, 0.3) is 0 Å². The van der Waals surface area contributed by atoms with E-state index < -0.39 is 0 Å². The van der Waals surface area contributed by atoms with Gasteiger partial charge in [-0.15, -0.1) is 11.6 Å². The Labute approximate surface area is 101 Å². The Hall–Kier alpha value is -1.35. The van der Waals surface area contributed by atoms with Crippen LogP contribution < -0.4 is 0 Å². The third kappa shape index (κ3) is 2.42. The number of allylic oxidation sites excluding steroid dienone is 2. The third-order valence-electron chi connectivity index (χ3n) is 2.25. The molecule has 0 fully saturated rings. The van der Waals surface area contributed by atoms with Crippen LogP contribution in [0.15, 0.2) is 35.5 Å². The summed E-state index contributed by atoms with van der Waals surface area (Å²) in [5, 5.41) is 4.25. The summed E-state index contributed by atoms with van der Waals surface area (Å²) in [5.41, 5.74) is 2.52. The second-order valence-electron chi connectivity index (χ2n) is 3.62. The summed E-state index contributed by atoms with van der Waals surface area (Å²) in [5.74, 6) is 0.362. The smallest absolute Gasteiger partial charge is 0.0919 e. The molecule has 1 aromatic rings. The van der Waals surface area contributed by atoms with Crippen LogP contribution in [0, 0.1) is 0 Å². The number of aromatic nitrogens is 2. The maximum atomic E-state index is 5.84. The van der Waals surface area contributed by atoms with Gasteiger partial charge in [0.05, 0.1) is 11.4 Å². The highest BCUT2D eigenvalue weighted by atomic mass is 35.5. The highest BCUT2D eigenvalue weighted by molar-refractivity contribution is 6.20. The first-order chi connectivity index (χ1) is 7.65. The van der Waals surface area contributed by atoms with E-state index in [1.165, 1.54) is 0 Å². The Morgan fingerprint density at radius 3 is 2.81 bits per heavy atom. The highest BCUT2D eigenvalue weighted by Gasteiger charge is 2.12. The van der Waals surface area contributed by atoms with Crippen molar-refractivity contribution in [2.75, 3.05) is 5.88 Å². The van der Waals surface area contributed by atoms with Crippen LogP contribution in [0.5, 0.6) is 0 Å². The molecule has 4 heteroatoms. The molecular formula is C12H16ClN3. The number of nitrogens with zero attached hydrogens (tertiary/aromatic N) is 3. The SMILES string of the molecule is C=C/C(CCl)=C(\N=C)c1ccnn1C(C)C. The molecule has 0 unspecified atom stereocenters. The molecule has 0 N–H and O–H groups in total. The number of alkyl halides is 1. The van der Waals surface area contributed by atoms with Gasteiger partial charge in [0.1, 0.15) is 0 Å². The van der Waals surface area contributed by atoms with E-state index in [1.54, 1.807) is 12.3 Å². The second kappa shape index (κ2) is 5.66. The molecule has 1 rings (SSSR count). The molecule has 0 aromatic carbocycles. The van der Waals surface area contributed by atoms with Crippen LogP contribution in [-0.2, 0) is 0 Å². The molecule has 3 nitrogen and oxygen atoms in total. The predicted octanol–water partition coefficient (Wildman–Crippen LogP) is 3.30. The molecule has 1 heterocycles. The second-order valence-corrected chi connectivity index (χ2v) is 3.89.